The Morgan fingerprint density at radius 2 is 2.16 bits per heavy atom. The van der Waals surface area contributed by atoms with Crippen LogP contribution >= 0.6 is 0 Å². The van der Waals surface area contributed by atoms with E-state index in [0.717, 1.165) is 17.5 Å². The zero-order valence-electron chi connectivity index (χ0n) is 11.5. The molecule has 0 aliphatic rings. The molecule has 0 bridgehead atoms. The van der Waals surface area contributed by atoms with Crippen LogP contribution in [-0.4, -0.2) is 16.7 Å². The van der Waals surface area contributed by atoms with Crippen molar-refractivity contribution in [1.82, 2.24) is 10.1 Å². The molecular weight excluding hydrogens is 242 g/mol. The Kier molecular flexibility index (Phi) is 4.16. The van der Waals surface area contributed by atoms with Crippen molar-refractivity contribution in [2.75, 3.05) is 12.3 Å². The van der Waals surface area contributed by atoms with E-state index >= 15 is 0 Å². The SMILES string of the molecule is CCOC(CC)c1noc(-c2c(C)cccc2N)n1. The summed E-state index contributed by atoms with van der Waals surface area (Å²) in [6, 6.07) is 5.70. The number of hydrogen-bond acceptors (Lipinski definition) is 5. The van der Waals surface area contributed by atoms with Gasteiger partial charge in [-0.25, -0.2) is 0 Å². The van der Waals surface area contributed by atoms with Gasteiger partial charge in [-0.1, -0.05) is 24.2 Å². The van der Waals surface area contributed by atoms with Crippen LogP contribution in [0.25, 0.3) is 11.5 Å². The van der Waals surface area contributed by atoms with Crippen molar-refractivity contribution >= 4 is 5.69 Å². The van der Waals surface area contributed by atoms with Crippen LogP contribution in [-0.2, 0) is 4.74 Å². The maximum Gasteiger partial charge on any atom is 0.260 e. The number of rotatable bonds is 5. The van der Waals surface area contributed by atoms with E-state index in [9.17, 15) is 0 Å². The summed E-state index contributed by atoms with van der Waals surface area (Å²) >= 11 is 0. The molecule has 19 heavy (non-hydrogen) atoms. The molecule has 0 saturated carbocycles. The third-order valence-electron chi connectivity index (χ3n) is 2.99. The van der Waals surface area contributed by atoms with Gasteiger partial charge in [-0.05, 0) is 31.9 Å². The van der Waals surface area contributed by atoms with E-state index in [1.165, 1.54) is 0 Å². The molecule has 1 aromatic carbocycles. The number of benzene rings is 1. The molecule has 5 heteroatoms. The van der Waals surface area contributed by atoms with E-state index < -0.39 is 0 Å². The molecule has 0 radical (unpaired) electrons. The molecule has 0 spiro atoms. The fourth-order valence-electron chi connectivity index (χ4n) is 2.03. The highest BCUT2D eigenvalue weighted by Crippen LogP contribution is 2.29. The van der Waals surface area contributed by atoms with Gasteiger partial charge in [-0.15, -0.1) is 0 Å². The third kappa shape index (κ3) is 2.76. The topological polar surface area (TPSA) is 74.2 Å². The number of aryl methyl sites for hydroxylation is 1. The Morgan fingerprint density at radius 3 is 2.79 bits per heavy atom. The van der Waals surface area contributed by atoms with Gasteiger partial charge in [0.05, 0.1) is 5.56 Å². The summed E-state index contributed by atoms with van der Waals surface area (Å²) in [6.07, 6.45) is 0.670. The predicted molar refractivity (Wildman–Crippen MR) is 73.5 cm³/mol. The second kappa shape index (κ2) is 5.84. The average molecular weight is 261 g/mol. The lowest BCUT2D eigenvalue weighted by Gasteiger charge is -2.09. The first-order chi connectivity index (χ1) is 9.17. The zero-order chi connectivity index (χ0) is 13.8. The number of ether oxygens (including phenoxy) is 1. The molecule has 1 unspecified atom stereocenters. The fraction of sp³-hybridized carbons (Fsp3) is 0.429. The van der Waals surface area contributed by atoms with Gasteiger partial charge in [-0.3, -0.25) is 0 Å². The van der Waals surface area contributed by atoms with Gasteiger partial charge in [0.25, 0.3) is 5.89 Å². The van der Waals surface area contributed by atoms with Crippen molar-refractivity contribution in [3.05, 3.63) is 29.6 Å². The number of aromatic nitrogens is 2. The number of nitrogens with two attached hydrogens (primary N) is 1. The smallest absolute Gasteiger partial charge is 0.260 e. The lowest BCUT2D eigenvalue weighted by Crippen LogP contribution is -2.04. The van der Waals surface area contributed by atoms with Gasteiger partial charge < -0.3 is 15.0 Å². The molecule has 5 nitrogen and oxygen atoms in total. The molecule has 0 fully saturated rings. The van der Waals surface area contributed by atoms with Crippen molar-refractivity contribution in [3.63, 3.8) is 0 Å². The standard InChI is InChI=1S/C14H19N3O2/c1-4-11(18-5-2)13-16-14(19-17-13)12-9(3)7-6-8-10(12)15/h6-8,11H,4-5,15H2,1-3H3. The summed E-state index contributed by atoms with van der Waals surface area (Å²) in [6.45, 7) is 6.56. The molecule has 1 atom stereocenters. The third-order valence-corrected chi connectivity index (χ3v) is 2.99. The molecule has 0 saturated heterocycles. The van der Waals surface area contributed by atoms with E-state index in [-0.39, 0.29) is 6.10 Å². The number of nitrogens with zero attached hydrogens (tertiary/aromatic N) is 2. The Labute approximate surface area is 112 Å². The first-order valence-corrected chi connectivity index (χ1v) is 6.48. The maximum absolute atomic E-state index is 5.97. The van der Waals surface area contributed by atoms with Gasteiger partial charge in [0.2, 0.25) is 5.82 Å². The summed E-state index contributed by atoms with van der Waals surface area (Å²) in [5.74, 6) is 1.02. The van der Waals surface area contributed by atoms with Gasteiger partial charge in [0.1, 0.15) is 6.10 Å². The summed E-state index contributed by atoms with van der Waals surface area (Å²) in [4.78, 5) is 4.41. The van der Waals surface area contributed by atoms with Crippen LogP contribution in [0.3, 0.4) is 0 Å². The molecule has 0 aliphatic carbocycles. The Morgan fingerprint density at radius 1 is 1.37 bits per heavy atom. The Bertz CT molecular complexity index is 531. The summed E-state index contributed by atoms with van der Waals surface area (Å²) in [7, 11) is 0. The summed E-state index contributed by atoms with van der Waals surface area (Å²) in [5.41, 5.74) is 8.42. The van der Waals surface area contributed by atoms with Crippen LogP contribution in [0.4, 0.5) is 5.69 Å². The minimum absolute atomic E-state index is 0.132. The molecule has 1 heterocycles. The van der Waals surface area contributed by atoms with Crippen molar-refractivity contribution in [3.8, 4) is 11.5 Å². The quantitative estimate of drug-likeness (QED) is 0.837. The minimum atomic E-state index is -0.132. The highest BCUT2D eigenvalue weighted by Gasteiger charge is 2.19. The van der Waals surface area contributed by atoms with Gasteiger partial charge in [-0.2, -0.15) is 4.98 Å². The minimum Gasteiger partial charge on any atom is -0.398 e. The second-order valence-corrected chi connectivity index (χ2v) is 4.35. The van der Waals surface area contributed by atoms with E-state index in [1.54, 1.807) is 0 Å². The van der Waals surface area contributed by atoms with Crippen molar-refractivity contribution in [1.29, 1.82) is 0 Å². The number of nitrogen functional groups attached to an aromatic ring is 1. The predicted octanol–water partition coefficient (Wildman–Crippen LogP) is 3.11. The number of hydrogen-bond donors (Lipinski definition) is 1. The summed E-state index contributed by atoms with van der Waals surface area (Å²) < 4.78 is 10.9. The molecule has 2 aromatic rings. The van der Waals surface area contributed by atoms with Crippen LogP contribution in [0, 0.1) is 6.92 Å². The first-order valence-electron chi connectivity index (χ1n) is 6.48. The van der Waals surface area contributed by atoms with E-state index in [1.807, 2.05) is 39.0 Å². The van der Waals surface area contributed by atoms with E-state index in [2.05, 4.69) is 10.1 Å². The van der Waals surface area contributed by atoms with Crippen LogP contribution in [0.15, 0.2) is 22.7 Å². The summed E-state index contributed by atoms with van der Waals surface area (Å²) in [5, 5.41) is 4.00. The molecule has 0 amide bonds. The van der Waals surface area contributed by atoms with Crippen LogP contribution in [0.1, 0.15) is 37.8 Å². The number of anilines is 1. The van der Waals surface area contributed by atoms with Crippen molar-refractivity contribution in [2.24, 2.45) is 0 Å². The van der Waals surface area contributed by atoms with Crippen molar-refractivity contribution < 1.29 is 9.26 Å². The highest BCUT2D eigenvalue weighted by atomic mass is 16.5. The zero-order valence-corrected chi connectivity index (χ0v) is 11.5. The second-order valence-electron chi connectivity index (χ2n) is 4.35. The average Bonchev–Trinajstić information content (AvgIpc) is 2.85. The molecule has 0 aliphatic heterocycles. The van der Waals surface area contributed by atoms with Crippen molar-refractivity contribution in [2.45, 2.75) is 33.3 Å². The fourth-order valence-corrected chi connectivity index (χ4v) is 2.03. The van der Waals surface area contributed by atoms with Crippen LogP contribution in [0.2, 0.25) is 0 Å². The maximum atomic E-state index is 5.97. The molecule has 2 rings (SSSR count). The van der Waals surface area contributed by atoms with E-state index in [4.69, 9.17) is 15.0 Å². The van der Waals surface area contributed by atoms with Gasteiger partial charge in [0.15, 0.2) is 0 Å². The van der Waals surface area contributed by atoms with Gasteiger partial charge in [0, 0.05) is 12.3 Å². The lowest BCUT2D eigenvalue weighted by atomic mass is 10.1. The lowest BCUT2D eigenvalue weighted by molar-refractivity contribution is 0.0518. The largest absolute Gasteiger partial charge is 0.398 e. The molecular formula is C14H19N3O2. The van der Waals surface area contributed by atoms with Crippen LogP contribution < -0.4 is 5.73 Å². The van der Waals surface area contributed by atoms with E-state index in [0.29, 0.717) is 24.0 Å². The molecule has 1 aromatic heterocycles. The molecule has 102 valence electrons. The monoisotopic (exact) mass is 261 g/mol. The highest BCUT2D eigenvalue weighted by molar-refractivity contribution is 5.73. The Balaban J connectivity index is 2.35. The van der Waals surface area contributed by atoms with Crippen LogP contribution in [0.5, 0.6) is 0 Å². The first kappa shape index (κ1) is 13.5. The molecule has 2 N–H and O–H groups in total. The van der Waals surface area contributed by atoms with Gasteiger partial charge >= 0.3 is 0 Å². The Hall–Kier alpha value is -1.88. The normalized spacial score (nSPS) is 12.6.